The van der Waals surface area contributed by atoms with E-state index in [1.54, 1.807) is 67.3 Å². The van der Waals surface area contributed by atoms with E-state index >= 15 is 0 Å². The van der Waals surface area contributed by atoms with Crippen LogP contribution in [0.5, 0.6) is 0 Å². The Balaban J connectivity index is 0.000000170. The minimum absolute atomic E-state index is 0.273. The smallest absolute Gasteiger partial charge is 0.341 e. The van der Waals surface area contributed by atoms with Crippen molar-refractivity contribution in [2.24, 2.45) is 0 Å². The second kappa shape index (κ2) is 14.9. The van der Waals surface area contributed by atoms with Crippen LogP contribution in [0.25, 0.3) is 55.9 Å². The van der Waals surface area contributed by atoms with Crippen LogP contribution in [0.3, 0.4) is 0 Å². The Morgan fingerprint density at radius 3 is 1.71 bits per heavy atom. The van der Waals surface area contributed by atoms with Gasteiger partial charge in [-0.1, -0.05) is 0 Å². The van der Waals surface area contributed by atoms with Crippen molar-refractivity contribution in [3.63, 3.8) is 0 Å². The van der Waals surface area contributed by atoms with E-state index in [1.807, 2.05) is 44.4 Å². The molecule has 0 spiro atoms. The van der Waals surface area contributed by atoms with Crippen LogP contribution >= 0.6 is 0 Å². The van der Waals surface area contributed by atoms with Gasteiger partial charge in [-0.15, -0.1) is 0 Å². The molecule has 0 saturated heterocycles. The lowest BCUT2D eigenvalue weighted by atomic mass is 10.0. The Bertz CT molecular complexity index is 2660. The lowest BCUT2D eigenvalue weighted by Gasteiger charge is -2.04. The van der Waals surface area contributed by atoms with Gasteiger partial charge in [-0.2, -0.15) is 29.2 Å². The monoisotopic (exact) mass is 750 g/mol. The minimum Gasteiger partial charge on any atom is -0.463 e. The predicted octanol–water partition coefficient (Wildman–Crippen LogP) is 8.42. The maximum Gasteiger partial charge on any atom is 0.341 e. The average Bonchev–Trinajstić information content (AvgIpc) is 4.03. The molecule has 0 radical (unpaired) electrons. The van der Waals surface area contributed by atoms with Crippen LogP contribution in [0, 0.1) is 27.7 Å². The Kier molecular flexibility index (Phi) is 9.88. The first-order valence-corrected chi connectivity index (χ1v) is 17.3. The van der Waals surface area contributed by atoms with E-state index in [1.165, 1.54) is 12.5 Å². The van der Waals surface area contributed by atoms with Gasteiger partial charge in [-0.25, -0.2) is 23.3 Å². The van der Waals surface area contributed by atoms with Crippen molar-refractivity contribution in [3.05, 3.63) is 108 Å². The Morgan fingerprint density at radius 2 is 1.27 bits per heavy atom. The van der Waals surface area contributed by atoms with Crippen molar-refractivity contribution < 1.29 is 36.7 Å². The normalized spacial score (nSPS) is 11.4. The zero-order valence-electron chi connectivity index (χ0n) is 30.8. The van der Waals surface area contributed by atoms with Crippen LogP contribution in [0.15, 0.2) is 82.5 Å². The molecule has 8 rings (SSSR count). The number of hydrogen-bond donors (Lipinski definition) is 1. The largest absolute Gasteiger partial charge is 0.463 e. The first-order valence-electron chi connectivity index (χ1n) is 17.3. The van der Waals surface area contributed by atoms with E-state index in [0.29, 0.717) is 67.5 Å². The molecule has 0 unspecified atom stereocenters. The molecular weight excluding hydrogens is 714 g/mol. The highest BCUT2D eigenvalue weighted by molar-refractivity contribution is 5.92. The quantitative estimate of drug-likeness (QED) is 0.142. The summed E-state index contributed by atoms with van der Waals surface area (Å²) in [7, 11) is 0. The number of carbonyl (C=O) groups is 2. The number of aromatic nitrogens is 8. The molecule has 0 saturated carbocycles. The fourth-order valence-electron chi connectivity index (χ4n) is 6.46. The summed E-state index contributed by atoms with van der Waals surface area (Å²) in [5.74, 6) is 0.236. The molecule has 16 heteroatoms. The van der Waals surface area contributed by atoms with Crippen LogP contribution < -0.4 is 0 Å². The first kappa shape index (κ1) is 36.5. The lowest BCUT2D eigenvalue weighted by Crippen LogP contribution is -2.02. The average molecular weight is 751 g/mol. The van der Waals surface area contributed by atoms with Crippen LogP contribution in [0.4, 0.5) is 8.78 Å². The van der Waals surface area contributed by atoms with Gasteiger partial charge in [0, 0.05) is 57.2 Å². The van der Waals surface area contributed by atoms with Gasteiger partial charge in [0.05, 0.1) is 59.2 Å². The van der Waals surface area contributed by atoms with Crippen LogP contribution in [0.2, 0.25) is 0 Å². The summed E-state index contributed by atoms with van der Waals surface area (Å²) in [6.07, 6.45) is 9.82. The van der Waals surface area contributed by atoms with Gasteiger partial charge in [-0.3, -0.25) is 5.10 Å². The van der Waals surface area contributed by atoms with Crippen molar-refractivity contribution in [2.45, 2.75) is 48.1 Å². The first-order chi connectivity index (χ1) is 26.5. The van der Waals surface area contributed by atoms with E-state index in [9.17, 15) is 18.4 Å². The summed E-state index contributed by atoms with van der Waals surface area (Å²) in [6.45, 7) is 8.63. The molecule has 14 nitrogen and oxygen atoms in total. The van der Waals surface area contributed by atoms with Gasteiger partial charge in [0.25, 0.3) is 0 Å². The van der Waals surface area contributed by atoms with Gasteiger partial charge >= 0.3 is 18.5 Å². The Morgan fingerprint density at radius 1 is 0.764 bits per heavy atom. The fourth-order valence-corrected chi connectivity index (χ4v) is 6.46. The molecule has 0 aliphatic rings. The third kappa shape index (κ3) is 6.89. The number of ether oxygens (including phenoxy) is 2. The van der Waals surface area contributed by atoms with Crippen LogP contribution in [0.1, 0.15) is 63.9 Å². The maximum atomic E-state index is 13.2. The van der Waals surface area contributed by atoms with E-state index in [0.717, 1.165) is 33.6 Å². The molecule has 282 valence electrons. The molecule has 8 aromatic rings. The molecule has 0 aliphatic carbocycles. The van der Waals surface area contributed by atoms with Gasteiger partial charge in [0.15, 0.2) is 0 Å². The summed E-state index contributed by atoms with van der Waals surface area (Å²) in [5, 5.41) is 20.0. The summed E-state index contributed by atoms with van der Waals surface area (Å²) >= 11 is 0. The summed E-state index contributed by atoms with van der Waals surface area (Å²) < 4.78 is 51.7. The highest BCUT2D eigenvalue weighted by Gasteiger charge is 2.22. The lowest BCUT2D eigenvalue weighted by molar-refractivity contribution is 0.0516. The van der Waals surface area contributed by atoms with E-state index in [2.05, 4.69) is 25.5 Å². The Labute approximate surface area is 312 Å². The third-order valence-electron chi connectivity index (χ3n) is 9.01. The number of esters is 2. The standard InChI is InChI=1S/C20H18F2N4O3.C19H18N4O3/c1-4-28-19(27)14-8-17(29-10-14)13-5-6-25-16(7-13)15(9-23-25)18-11(2)24-26(12(18)3)20(21)22;1-4-25-19(24)14-8-17(26-10-14)13-5-6-23-16(7-13)15(9-20-23)18-11(2)21-22-12(18)3/h5-10,20H,4H2,1-3H3;5-10H,4H2,1-3H3,(H,21,22). The predicted molar refractivity (Wildman–Crippen MR) is 197 cm³/mol. The number of carbonyl (C=O) groups excluding carboxylic acids is 2. The molecule has 8 aromatic heterocycles. The number of nitrogens with one attached hydrogen (secondary N) is 1. The van der Waals surface area contributed by atoms with E-state index in [-0.39, 0.29) is 6.61 Å². The molecule has 0 aromatic carbocycles. The van der Waals surface area contributed by atoms with Crippen molar-refractivity contribution >= 4 is 23.0 Å². The number of rotatable bonds is 9. The second-order valence-corrected chi connectivity index (χ2v) is 12.5. The zero-order chi connectivity index (χ0) is 39.0. The number of pyridine rings is 2. The van der Waals surface area contributed by atoms with Gasteiger partial charge in [0.1, 0.15) is 24.0 Å². The number of halogens is 2. The number of nitrogens with zero attached hydrogens (tertiary/aromatic N) is 7. The van der Waals surface area contributed by atoms with E-state index < -0.39 is 18.5 Å². The summed E-state index contributed by atoms with van der Waals surface area (Å²) in [5.41, 5.74) is 10.0. The van der Waals surface area contributed by atoms with Gasteiger partial charge < -0.3 is 18.3 Å². The maximum absolute atomic E-state index is 13.2. The number of furan rings is 2. The molecule has 0 amide bonds. The van der Waals surface area contributed by atoms with Crippen LogP contribution in [-0.2, 0) is 9.47 Å². The van der Waals surface area contributed by atoms with Gasteiger partial charge in [0.2, 0.25) is 0 Å². The highest BCUT2D eigenvalue weighted by atomic mass is 19.3. The van der Waals surface area contributed by atoms with Crippen LogP contribution in [-0.4, -0.2) is 64.4 Å². The highest BCUT2D eigenvalue weighted by Crippen LogP contribution is 2.35. The number of aromatic amines is 1. The number of alkyl halides is 2. The molecule has 8 heterocycles. The topological polar surface area (TPSA) is 160 Å². The third-order valence-corrected chi connectivity index (χ3v) is 9.01. The molecule has 0 aliphatic heterocycles. The van der Waals surface area contributed by atoms with Crippen molar-refractivity contribution in [2.75, 3.05) is 13.2 Å². The number of H-pyrrole nitrogens is 1. The molecule has 0 atom stereocenters. The van der Waals surface area contributed by atoms with Crippen molar-refractivity contribution in [3.8, 4) is 44.9 Å². The summed E-state index contributed by atoms with van der Waals surface area (Å²) in [4.78, 5) is 23.7. The second-order valence-electron chi connectivity index (χ2n) is 12.5. The molecular formula is C39H36F2N8O6. The number of aryl methyl sites for hydroxylation is 3. The SMILES string of the molecule is CCOC(=O)c1coc(-c2ccn3ncc(-c4c(C)n[nH]c4C)c3c2)c1.CCOC(=O)c1coc(-c2ccn3ncc(-c4c(C)nn(C(F)F)c4C)c3c2)c1. The minimum atomic E-state index is -2.72. The molecule has 0 bridgehead atoms. The number of fused-ring (bicyclic) bond motifs is 2. The zero-order valence-corrected chi connectivity index (χ0v) is 30.8. The van der Waals surface area contributed by atoms with Crippen molar-refractivity contribution in [1.29, 1.82) is 0 Å². The molecule has 1 N–H and O–H groups in total. The van der Waals surface area contributed by atoms with E-state index in [4.69, 9.17) is 18.3 Å². The van der Waals surface area contributed by atoms with Gasteiger partial charge in [-0.05, 0) is 77.9 Å². The fraction of sp³-hybridized carbons (Fsp3) is 0.231. The Hall–Kier alpha value is -6.84. The summed E-state index contributed by atoms with van der Waals surface area (Å²) in [6, 6.07) is 10.8. The molecule has 55 heavy (non-hydrogen) atoms. The molecule has 0 fully saturated rings. The van der Waals surface area contributed by atoms with Crippen molar-refractivity contribution in [1.82, 2.24) is 39.2 Å². The number of hydrogen-bond acceptors (Lipinski definition) is 10.